The third kappa shape index (κ3) is 6.69. The van der Waals surface area contributed by atoms with Crippen LogP contribution in [0.5, 0.6) is 0 Å². The summed E-state index contributed by atoms with van der Waals surface area (Å²) in [6, 6.07) is 8.63. The summed E-state index contributed by atoms with van der Waals surface area (Å²) in [5.74, 6) is 0. The van der Waals surface area contributed by atoms with E-state index in [9.17, 15) is 0 Å². The van der Waals surface area contributed by atoms with Gasteiger partial charge < -0.3 is 22.2 Å². The van der Waals surface area contributed by atoms with Crippen molar-refractivity contribution in [1.82, 2.24) is 0 Å². The van der Waals surface area contributed by atoms with Crippen LogP contribution in [0.15, 0.2) is 48.6 Å². The molecule has 23 heavy (non-hydrogen) atoms. The maximum atomic E-state index is 2.40. The largest absolute Gasteiger partial charge is 1.00 e. The molecule has 1 heterocycles. The van der Waals surface area contributed by atoms with Crippen molar-refractivity contribution >= 4 is 11.4 Å². The molecule has 3 rings (SSSR count). The number of halogens is 1. The Bertz CT molecular complexity index is 433. The van der Waals surface area contributed by atoms with Gasteiger partial charge in [0.05, 0.1) is 18.0 Å². The molecular weight excluding hydrogens is 395 g/mol. The molecule has 1 aromatic carbocycles. The summed E-state index contributed by atoms with van der Waals surface area (Å²) >= 11 is 0. The first kappa shape index (κ1) is 22.2. The first-order chi connectivity index (χ1) is 10.4. The Balaban J connectivity index is 0.000000425. The van der Waals surface area contributed by atoms with E-state index in [4.69, 9.17) is 0 Å². The zero-order valence-corrected chi connectivity index (χ0v) is 16.6. The fourth-order valence-electron chi connectivity index (χ4n) is 2.75. The number of para-hydroxylation sites is 2. The minimum atomic E-state index is 0. The number of hydrogen-bond donors (Lipinski definition) is 0. The van der Waals surface area contributed by atoms with Crippen LogP contribution in [0.1, 0.15) is 39.5 Å². The van der Waals surface area contributed by atoms with Crippen molar-refractivity contribution in [2.75, 3.05) is 29.6 Å². The van der Waals surface area contributed by atoms with Gasteiger partial charge in [-0.25, -0.2) is 0 Å². The number of fused-ring (bicyclic) bond motifs is 1. The predicted octanol–water partition coefficient (Wildman–Crippen LogP) is 1.98. The quantitative estimate of drug-likeness (QED) is 0.531. The van der Waals surface area contributed by atoms with Crippen LogP contribution in [-0.4, -0.2) is 19.8 Å². The number of rotatable bonds is 2. The van der Waals surface area contributed by atoms with Crippen LogP contribution in [0, 0.1) is 0 Å². The summed E-state index contributed by atoms with van der Waals surface area (Å²) in [7, 11) is 0. The Morgan fingerprint density at radius 1 is 0.739 bits per heavy atom. The second-order valence-corrected chi connectivity index (χ2v) is 5.44. The minimum Gasteiger partial charge on any atom is -1.00 e. The molecule has 131 valence electrons. The Morgan fingerprint density at radius 2 is 1.09 bits per heavy atom. The van der Waals surface area contributed by atoms with E-state index in [0.29, 0.717) is 0 Å². The monoisotopic (exact) mass is 422 g/mol. The molecule has 1 aliphatic heterocycles. The van der Waals surface area contributed by atoms with Crippen molar-refractivity contribution in [1.29, 1.82) is 0 Å². The number of hydrogen-bond acceptors (Lipinski definition) is 2. The molecule has 0 atom stereocenters. The average Bonchev–Trinajstić information content (AvgIpc) is 2.85. The molecule has 2 aliphatic rings. The van der Waals surface area contributed by atoms with Gasteiger partial charge in [0.1, 0.15) is 0 Å². The average molecular weight is 423 g/mol. The summed E-state index contributed by atoms with van der Waals surface area (Å²) in [5, 5.41) is 0. The fraction of sp³-hybridized carbons (Fsp3) is 0.474. The molecule has 0 amide bonds. The maximum absolute atomic E-state index is 2.40. The molecule has 0 bridgehead atoms. The van der Waals surface area contributed by atoms with Crippen molar-refractivity contribution in [3.05, 3.63) is 48.6 Å². The number of nitrogens with zero attached hydrogens (tertiary/aromatic N) is 2. The number of benzene rings is 1. The summed E-state index contributed by atoms with van der Waals surface area (Å²) in [6.45, 7) is 7.64. The first-order valence-electron chi connectivity index (χ1n) is 8.25. The molecule has 0 saturated heterocycles. The molecule has 4 heteroatoms. The summed E-state index contributed by atoms with van der Waals surface area (Å²) < 4.78 is 0. The van der Waals surface area contributed by atoms with E-state index in [2.05, 4.69) is 72.2 Å². The number of anilines is 2. The van der Waals surface area contributed by atoms with Crippen LogP contribution in [0.4, 0.5) is 11.4 Å². The van der Waals surface area contributed by atoms with Crippen LogP contribution in [-0.2, 0) is 19.5 Å². The van der Waals surface area contributed by atoms with Crippen molar-refractivity contribution in [3.8, 4) is 0 Å². The van der Waals surface area contributed by atoms with Gasteiger partial charge in [-0.3, -0.25) is 0 Å². The normalized spacial score (nSPS) is 18.2. The van der Waals surface area contributed by atoms with E-state index in [0.717, 1.165) is 19.8 Å². The second kappa shape index (κ2) is 12.6. The Kier molecular flexibility index (Phi) is 12.2. The van der Waals surface area contributed by atoms with Crippen molar-refractivity contribution in [3.63, 3.8) is 0 Å². The minimum absolute atomic E-state index is 0. The van der Waals surface area contributed by atoms with Crippen molar-refractivity contribution < 1.29 is 31.9 Å². The van der Waals surface area contributed by atoms with Gasteiger partial charge in [-0.2, -0.15) is 0 Å². The van der Waals surface area contributed by atoms with E-state index < -0.39 is 0 Å². The molecular formula is C19H28ClN2Rh-. The second-order valence-electron chi connectivity index (χ2n) is 5.44. The standard InChI is InChI=1S/C11H16N2.C8H12.ClH.Rh/c1-3-12-9-13(4-2)11-8-6-5-7-10(11)12;1-2-4-6-8-7-5-3-1;;/h5-8H,3-4,9H2,1-2H3;1-2,7-8H,3-6H2;1H;/p-1/b;2-1-,8-7-;;. The van der Waals surface area contributed by atoms with Gasteiger partial charge in [0, 0.05) is 32.6 Å². The molecule has 0 spiro atoms. The Labute approximate surface area is 160 Å². The third-order valence-corrected chi connectivity index (χ3v) is 4.00. The van der Waals surface area contributed by atoms with Gasteiger partial charge >= 0.3 is 0 Å². The van der Waals surface area contributed by atoms with E-state index in [1.807, 2.05) is 0 Å². The molecule has 2 nitrogen and oxygen atoms in total. The zero-order valence-electron chi connectivity index (χ0n) is 14.2. The fourth-order valence-corrected chi connectivity index (χ4v) is 2.75. The molecule has 0 N–H and O–H groups in total. The summed E-state index contributed by atoms with van der Waals surface area (Å²) in [6.07, 6.45) is 14.0. The van der Waals surface area contributed by atoms with Gasteiger partial charge in [-0.05, 0) is 51.7 Å². The molecule has 0 fully saturated rings. The summed E-state index contributed by atoms with van der Waals surface area (Å²) in [4.78, 5) is 4.80. The van der Waals surface area contributed by atoms with Gasteiger partial charge in [-0.15, -0.1) is 0 Å². The molecule has 0 aromatic heterocycles. The van der Waals surface area contributed by atoms with Crippen LogP contribution < -0.4 is 22.2 Å². The van der Waals surface area contributed by atoms with Crippen LogP contribution in [0.25, 0.3) is 0 Å². The molecule has 1 aliphatic carbocycles. The summed E-state index contributed by atoms with van der Waals surface area (Å²) in [5.41, 5.74) is 2.76. The SMILES string of the molecule is C1=C\CC/C=C\CC/1.CCN1CN(CC)c2ccccc21.[Cl-].[Rh]. The van der Waals surface area contributed by atoms with Gasteiger partial charge in [0.2, 0.25) is 0 Å². The van der Waals surface area contributed by atoms with Crippen LogP contribution in [0.2, 0.25) is 0 Å². The Hall–Kier alpha value is -0.787. The van der Waals surface area contributed by atoms with Crippen molar-refractivity contribution in [2.45, 2.75) is 39.5 Å². The Morgan fingerprint density at radius 3 is 1.39 bits per heavy atom. The molecule has 0 saturated carbocycles. The van der Waals surface area contributed by atoms with Crippen LogP contribution >= 0.6 is 0 Å². The number of allylic oxidation sites excluding steroid dienone is 4. The van der Waals surface area contributed by atoms with Gasteiger partial charge in [0.15, 0.2) is 0 Å². The predicted molar refractivity (Wildman–Crippen MR) is 94.1 cm³/mol. The molecule has 1 radical (unpaired) electrons. The zero-order chi connectivity index (χ0) is 14.9. The maximum Gasteiger partial charge on any atom is 0.0903 e. The third-order valence-electron chi connectivity index (χ3n) is 4.00. The topological polar surface area (TPSA) is 6.48 Å². The van der Waals surface area contributed by atoms with Gasteiger partial charge in [-0.1, -0.05) is 36.4 Å². The van der Waals surface area contributed by atoms with E-state index in [-0.39, 0.29) is 31.9 Å². The van der Waals surface area contributed by atoms with Crippen LogP contribution in [0.3, 0.4) is 0 Å². The van der Waals surface area contributed by atoms with Gasteiger partial charge in [0.25, 0.3) is 0 Å². The first-order valence-corrected chi connectivity index (χ1v) is 8.25. The molecule has 0 unspecified atom stereocenters. The van der Waals surface area contributed by atoms with Crippen molar-refractivity contribution in [2.24, 2.45) is 0 Å². The van der Waals surface area contributed by atoms with E-state index in [1.165, 1.54) is 37.1 Å². The van der Waals surface area contributed by atoms with E-state index in [1.54, 1.807) is 0 Å². The van der Waals surface area contributed by atoms with E-state index >= 15 is 0 Å². The smallest absolute Gasteiger partial charge is 0.0903 e. The molecule has 1 aromatic rings.